The molecule has 2 heterocycles. The number of piperidine rings is 1. The molecule has 9 heteroatoms. The highest BCUT2D eigenvalue weighted by molar-refractivity contribution is 6.36. The van der Waals surface area contributed by atoms with Gasteiger partial charge in [0.15, 0.2) is 5.69 Å². The predicted octanol–water partition coefficient (Wildman–Crippen LogP) is 3.05. The van der Waals surface area contributed by atoms with Gasteiger partial charge in [-0.25, -0.2) is 0 Å². The molecular weight excluding hydrogens is 365 g/mol. The van der Waals surface area contributed by atoms with Gasteiger partial charge in [0, 0.05) is 11.6 Å². The van der Waals surface area contributed by atoms with E-state index < -0.39 is 6.04 Å². The van der Waals surface area contributed by atoms with Crippen LogP contribution in [0.15, 0.2) is 18.2 Å². The van der Waals surface area contributed by atoms with E-state index in [9.17, 15) is 9.59 Å². The van der Waals surface area contributed by atoms with Gasteiger partial charge in [0.25, 0.3) is 5.91 Å². The first-order valence-electron chi connectivity index (χ1n) is 7.91. The van der Waals surface area contributed by atoms with E-state index in [2.05, 4.69) is 20.7 Å². The minimum Gasteiger partial charge on any atom is -0.325 e. The Kier molecular flexibility index (Phi) is 5.24. The molecule has 1 atom stereocenters. The molecule has 0 spiro atoms. The number of anilines is 1. The molecule has 1 saturated heterocycles. The fourth-order valence-electron chi connectivity index (χ4n) is 2.88. The minimum absolute atomic E-state index is 0.240. The molecular formula is C16H17Cl2N5O2. The van der Waals surface area contributed by atoms with E-state index in [4.69, 9.17) is 23.2 Å². The van der Waals surface area contributed by atoms with Crippen LogP contribution in [0.25, 0.3) is 0 Å². The molecule has 1 aromatic carbocycles. The van der Waals surface area contributed by atoms with Gasteiger partial charge in [-0.3, -0.25) is 9.59 Å². The Morgan fingerprint density at radius 1 is 1.28 bits per heavy atom. The number of aryl methyl sites for hydroxylation is 1. The summed E-state index contributed by atoms with van der Waals surface area (Å²) in [5, 5.41) is 13.8. The molecule has 1 aliphatic rings. The van der Waals surface area contributed by atoms with Gasteiger partial charge >= 0.3 is 0 Å². The van der Waals surface area contributed by atoms with Gasteiger partial charge in [-0.15, -0.1) is 0 Å². The highest BCUT2D eigenvalue weighted by atomic mass is 35.5. The van der Waals surface area contributed by atoms with E-state index >= 15 is 0 Å². The predicted molar refractivity (Wildman–Crippen MR) is 94.9 cm³/mol. The molecule has 0 bridgehead atoms. The number of nitrogens with zero attached hydrogens (tertiary/aromatic N) is 3. The van der Waals surface area contributed by atoms with E-state index in [-0.39, 0.29) is 17.5 Å². The summed E-state index contributed by atoms with van der Waals surface area (Å²) in [5.41, 5.74) is 1.21. The first-order chi connectivity index (χ1) is 12.0. The maximum absolute atomic E-state index is 12.7. The van der Waals surface area contributed by atoms with Gasteiger partial charge in [-0.2, -0.15) is 15.4 Å². The van der Waals surface area contributed by atoms with Gasteiger partial charge in [-0.05, 0) is 44.4 Å². The lowest BCUT2D eigenvalue weighted by Gasteiger charge is -2.34. The molecule has 0 aliphatic carbocycles. The Morgan fingerprint density at radius 3 is 2.76 bits per heavy atom. The smallest absolute Gasteiger partial charge is 0.276 e. The third-order valence-corrected chi connectivity index (χ3v) is 4.73. The number of benzene rings is 1. The summed E-state index contributed by atoms with van der Waals surface area (Å²) in [4.78, 5) is 27.0. The van der Waals surface area contributed by atoms with Crippen molar-refractivity contribution in [1.29, 1.82) is 0 Å². The molecule has 25 heavy (non-hydrogen) atoms. The fraction of sp³-hybridized carbons (Fsp3) is 0.375. The Morgan fingerprint density at radius 2 is 2.08 bits per heavy atom. The monoisotopic (exact) mass is 381 g/mol. The van der Waals surface area contributed by atoms with Crippen LogP contribution < -0.4 is 5.32 Å². The summed E-state index contributed by atoms with van der Waals surface area (Å²) < 4.78 is 0. The van der Waals surface area contributed by atoms with Crippen molar-refractivity contribution in [1.82, 2.24) is 20.3 Å². The molecule has 0 radical (unpaired) electrons. The molecule has 2 aromatic rings. The van der Waals surface area contributed by atoms with E-state index in [1.807, 2.05) is 0 Å². The van der Waals surface area contributed by atoms with Gasteiger partial charge in [0.05, 0.1) is 16.4 Å². The number of rotatable bonds is 3. The van der Waals surface area contributed by atoms with Crippen LogP contribution in [0.2, 0.25) is 10.0 Å². The zero-order chi connectivity index (χ0) is 18.0. The average Bonchev–Trinajstić information content (AvgIpc) is 3.02. The SMILES string of the molecule is Cc1n[nH]nc1C(=O)N1CCCCC1C(=O)Nc1ccc(Cl)cc1Cl. The van der Waals surface area contributed by atoms with Crippen LogP contribution in [0, 0.1) is 6.92 Å². The van der Waals surface area contributed by atoms with Crippen LogP contribution in [0.1, 0.15) is 35.4 Å². The van der Waals surface area contributed by atoms with Crippen molar-refractivity contribution in [2.75, 3.05) is 11.9 Å². The number of aromatic nitrogens is 3. The van der Waals surface area contributed by atoms with Crippen molar-refractivity contribution < 1.29 is 9.59 Å². The molecule has 132 valence electrons. The second kappa shape index (κ2) is 7.41. The number of nitrogens with one attached hydrogen (secondary N) is 2. The minimum atomic E-state index is -0.580. The van der Waals surface area contributed by atoms with Crippen LogP contribution in [0.5, 0.6) is 0 Å². The zero-order valence-electron chi connectivity index (χ0n) is 13.6. The lowest BCUT2D eigenvalue weighted by molar-refractivity contribution is -0.121. The number of hydrogen-bond acceptors (Lipinski definition) is 4. The van der Waals surface area contributed by atoms with Crippen molar-refractivity contribution in [2.24, 2.45) is 0 Å². The van der Waals surface area contributed by atoms with Gasteiger partial charge < -0.3 is 10.2 Å². The van der Waals surface area contributed by atoms with Crippen LogP contribution in [-0.2, 0) is 4.79 Å². The molecule has 1 unspecified atom stereocenters. The second-order valence-corrected chi connectivity index (χ2v) is 6.72. The van der Waals surface area contributed by atoms with Crippen molar-refractivity contribution in [3.8, 4) is 0 Å². The highest BCUT2D eigenvalue weighted by Crippen LogP contribution is 2.27. The average molecular weight is 382 g/mol. The molecule has 1 fully saturated rings. The topological polar surface area (TPSA) is 91.0 Å². The Balaban J connectivity index is 1.79. The summed E-state index contributed by atoms with van der Waals surface area (Å²) in [5.74, 6) is -0.577. The summed E-state index contributed by atoms with van der Waals surface area (Å²) >= 11 is 12.0. The number of halogens is 2. The van der Waals surface area contributed by atoms with Crippen LogP contribution in [0.3, 0.4) is 0 Å². The standard InChI is InChI=1S/C16H17Cl2N5O2/c1-9-14(21-22-20-9)16(25)23-7-3-2-4-13(23)15(24)19-12-6-5-10(17)8-11(12)18/h5-6,8,13H,2-4,7H2,1H3,(H,19,24)(H,20,21,22). The van der Waals surface area contributed by atoms with E-state index in [0.717, 1.165) is 12.8 Å². The number of carbonyl (C=O) groups excluding carboxylic acids is 2. The summed E-state index contributed by atoms with van der Waals surface area (Å²) in [6, 6.07) is 4.26. The molecule has 0 saturated carbocycles. The van der Waals surface area contributed by atoms with Crippen LogP contribution in [-0.4, -0.2) is 44.7 Å². The Labute approximate surface area is 154 Å². The third-order valence-electron chi connectivity index (χ3n) is 4.18. The molecule has 3 rings (SSSR count). The lowest BCUT2D eigenvalue weighted by Crippen LogP contribution is -2.50. The van der Waals surface area contributed by atoms with Crippen molar-refractivity contribution in [2.45, 2.75) is 32.2 Å². The highest BCUT2D eigenvalue weighted by Gasteiger charge is 2.34. The Hall–Kier alpha value is -2.12. The quantitative estimate of drug-likeness (QED) is 0.854. The number of carbonyl (C=O) groups is 2. The normalized spacial score (nSPS) is 17.4. The van der Waals surface area contributed by atoms with Crippen molar-refractivity contribution in [3.05, 3.63) is 39.6 Å². The number of aromatic amines is 1. The largest absolute Gasteiger partial charge is 0.325 e. The molecule has 1 aliphatic heterocycles. The van der Waals surface area contributed by atoms with Crippen molar-refractivity contribution in [3.63, 3.8) is 0 Å². The summed E-state index contributed by atoms with van der Waals surface area (Å²) in [6.45, 7) is 2.20. The molecule has 1 aromatic heterocycles. The van der Waals surface area contributed by atoms with E-state index in [1.54, 1.807) is 30.0 Å². The maximum atomic E-state index is 12.7. The van der Waals surface area contributed by atoms with E-state index in [1.165, 1.54) is 0 Å². The number of hydrogen-bond donors (Lipinski definition) is 2. The Bertz CT molecular complexity index is 808. The van der Waals surface area contributed by atoms with Gasteiger partial charge in [-0.1, -0.05) is 23.2 Å². The van der Waals surface area contributed by atoms with Crippen LogP contribution in [0.4, 0.5) is 5.69 Å². The van der Waals surface area contributed by atoms with Crippen molar-refractivity contribution >= 4 is 40.7 Å². The zero-order valence-corrected chi connectivity index (χ0v) is 15.1. The molecule has 2 N–H and O–H groups in total. The third kappa shape index (κ3) is 3.77. The molecule has 7 nitrogen and oxygen atoms in total. The first kappa shape index (κ1) is 17.7. The first-order valence-corrected chi connectivity index (χ1v) is 8.67. The number of likely N-dealkylation sites (tertiary alicyclic amines) is 1. The number of H-pyrrole nitrogens is 1. The van der Waals surface area contributed by atoms with Gasteiger partial charge in [0.2, 0.25) is 5.91 Å². The van der Waals surface area contributed by atoms with Gasteiger partial charge in [0.1, 0.15) is 6.04 Å². The summed E-state index contributed by atoms with van der Waals surface area (Å²) in [7, 11) is 0. The fourth-order valence-corrected chi connectivity index (χ4v) is 3.33. The number of amides is 2. The second-order valence-electron chi connectivity index (χ2n) is 5.88. The van der Waals surface area contributed by atoms with Crippen LogP contribution >= 0.6 is 23.2 Å². The van der Waals surface area contributed by atoms with E-state index in [0.29, 0.717) is 34.4 Å². The maximum Gasteiger partial charge on any atom is 0.276 e. The molecule has 2 amide bonds. The summed E-state index contributed by atoms with van der Waals surface area (Å²) in [6.07, 6.45) is 2.29. The lowest BCUT2D eigenvalue weighted by atomic mass is 10.0.